The number of Topliss-reactive ketones (excluding diaryl/α,β-unsaturated/α-hetero) is 1. The van der Waals surface area contributed by atoms with Crippen LogP contribution in [0.4, 0.5) is 0 Å². The Morgan fingerprint density at radius 3 is 2.39 bits per heavy atom. The Kier molecular flexibility index (Phi) is 3.90. The predicted molar refractivity (Wildman–Crippen MR) is 73.5 cm³/mol. The molecule has 0 spiro atoms. The molecule has 0 saturated heterocycles. The van der Waals surface area contributed by atoms with Crippen molar-refractivity contribution in [2.75, 3.05) is 0 Å². The van der Waals surface area contributed by atoms with E-state index in [0.29, 0.717) is 13.0 Å². The summed E-state index contributed by atoms with van der Waals surface area (Å²) in [4.78, 5) is 12.1. The zero-order valence-corrected chi connectivity index (χ0v) is 10.5. The van der Waals surface area contributed by atoms with Crippen molar-refractivity contribution in [3.8, 4) is 0 Å². The van der Waals surface area contributed by atoms with Gasteiger partial charge in [0.2, 0.25) is 0 Å². The highest BCUT2D eigenvalue weighted by Crippen LogP contribution is 2.10. The highest BCUT2D eigenvalue weighted by atomic mass is 16.1. The largest absolute Gasteiger partial charge is 0.326 e. The summed E-state index contributed by atoms with van der Waals surface area (Å²) >= 11 is 0. The van der Waals surface area contributed by atoms with E-state index >= 15 is 0 Å². The van der Waals surface area contributed by atoms with Crippen LogP contribution in [0.5, 0.6) is 0 Å². The van der Waals surface area contributed by atoms with Gasteiger partial charge in [0.05, 0.1) is 0 Å². The van der Waals surface area contributed by atoms with Crippen LogP contribution in [-0.4, -0.2) is 5.78 Å². The van der Waals surface area contributed by atoms with Gasteiger partial charge in [0.15, 0.2) is 5.78 Å². The second-order valence-corrected chi connectivity index (χ2v) is 4.49. The Hall–Kier alpha value is -1.93. The van der Waals surface area contributed by atoms with E-state index in [4.69, 9.17) is 5.73 Å². The fraction of sp³-hybridized carbons (Fsp3) is 0.188. The third-order valence-electron chi connectivity index (χ3n) is 2.96. The van der Waals surface area contributed by atoms with Gasteiger partial charge in [-0.3, -0.25) is 4.79 Å². The van der Waals surface area contributed by atoms with E-state index in [2.05, 4.69) is 0 Å². The lowest BCUT2D eigenvalue weighted by molar-refractivity contribution is 0.0993. The molecule has 0 aromatic heterocycles. The van der Waals surface area contributed by atoms with Crippen molar-refractivity contribution < 1.29 is 4.79 Å². The Bertz CT molecular complexity index is 543. The minimum atomic E-state index is 0.143. The van der Waals surface area contributed by atoms with E-state index < -0.39 is 0 Å². The lowest BCUT2D eigenvalue weighted by Gasteiger charge is -2.04. The molecule has 0 bridgehead atoms. The van der Waals surface area contributed by atoms with Gasteiger partial charge in [0.25, 0.3) is 0 Å². The molecule has 0 atom stereocenters. The van der Waals surface area contributed by atoms with Crippen LogP contribution in [0, 0.1) is 6.92 Å². The SMILES string of the molecule is Cc1cccc(CC(=O)c2ccc(CN)cc2)c1. The smallest absolute Gasteiger partial charge is 0.167 e. The predicted octanol–water partition coefficient (Wildman–Crippen LogP) is 2.88. The summed E-state index contributed by atoms with van der Waals surface area (Å²) in [5.41, 5.74) is 9.56. The Morgan fingerprint density at radius 1 is 1.06 bits per heavy atom. The van der Waals surface area contributed by atoms with Crippen LogP contribution >= 0.6 is 0 Å². The molecule has 0 aliphatic heterocycles. The fourth-order valence-electron chi connectivity index (χ4n) is 1.94. The summed E-state index contributed by atoms with van der Waals surface area (Å²) < 4.78 is 0. The zero-order valence-electron chi connectivity index (χ0n) is 10.5. The Labute approximate surface area is 107 Å². The molecule has 0 radical (unpaired) electrons. The molecule has 2 rings (SSSR count). The van der Waals surface area contributed by atoms with E-state index in [9.17, 15) is 4.79 Å². The maximum Gasteiger partial charge on any atom is 0.167 e. The summed E-state index contributed by atoms with van der Waals surface area (Å²) in [6.45, 7) is 2.54. The molecule has 2 aromatic rings. The van der Waals surface area contributed by atoms with E-state index in [1.54, 1.807) is 0 Å². The van der Waals surface area contributed by atoms with Crippen molar-refractivity contribution in [3.63, 3.8) is 0 Å². The van der Waals surface area contributed by atoms with Gasteiger partial charge in [-0.05, 0) is 18.1 Å². The summed E-state index contributed by atoms with van der Waals surface area (Å²) in [5.74, 6) is 0.143. The quantitative estimate of drug-likeness (QED) is 0.834. The number of hydrogen-bond acceptors (Lipinski definition) is 2. The van der Waals surface area contributed by atoms with Crippen LogP contribution in [0.1, 0.15) is 27.0 Å². The molecule has 0 saturated carbocycles. The molecule has 92 valence electrons. The standard InChI is InChI=1S/C16H17NO/c1-12-3-2-4-14(9-12)10-16(18)15-7-5-13(11-17)6-8-15/h2-9H,10-11,17H2,1H3. The van der Waals surface area contributed by atoms with Gasteiger partial charge in [-0.15, -0.1) is 0 Å². The average Bonchev–Trinajstić information content (AvgIpc) is 2.39. The van der Waals surface area contributed by atoms with Crippen LogP contribution in [-0.2, 0) is 13.0 Å². The summed E-state index contributed by atoms with van der Waals surface area (Å²) in [6, 6.07) is 15.6. The van der Waals surface area contributed by atoms with Crippen molar-refractivity contribution >= 4 is 5.78 Å². The van der Waals surface area contributed by atoms with Gasteiger partial charge in [-0.25, -0.2) is 0 Å². The third kappa shape index (κ3) is 3.05. The topological polar surface area (TPSA) is 43.1 Å². The van der Waals surface area contributed by atoms with E-state index in [0.717, 1.165) is 16.7 Å². The zero-order chi connectivity index (χ0) is 13.0. The molecule has 0 amide bonds. The minimum Gasteiger partial charge on any atom is -0.326 e. The van der Waals surface area contributed by atoms with Crippen LogP contribution in [0.2, 0.25) is 0 Å². The molecule has 2 nitrogen and oxygen atoms in total. The molecule has 2 N–H and O–H groups in total. The molecule has 0 heterocycles. The molecule has 0 aliphatic rings. The normalized spacial score (nSPS) is 10.3. The Balaban J connectivity index is 2.11. The van der Waals surface area contributed by atoms with Gasteiger partial charge in [-0.2, -0.15) is 0 Å². The molecular weight excluding hydrogens is 222 g/mol. The lowest BCUT2D eigenvalue weighted by Crippen LogP contribution is -2.04. The molecule has 0 unspecified atom stereocenters. The van der Waals surface area contributed by atoms with Crippen molar-refractivity contribution in [1.82, 2.24) is 0 Å². The number of benzene rings is 2. The number of aryl methyl sites for hydroxylation is 1. The van der Waals surface area contributed by atoms with Crippen LogP contribution in [0.15, 0.2) is 48.5 Å². The fourth-order valence-corrected chi connectivity index (χ4v) is 1.94. The van der Waals surface area contributed by atoms with E-state index in [1.807, 2.05) is 55.5 Å². The number of carbonyl (C=O) groups is 1. The summed E-state index contributed by atoms with van der Waals surface area (Å²) in [5, 5.41) is 0. The highest BCUT2D eigenvalue weighted by molar-refractivity contribution is 5.97. The number of carbonyl (C=O) groups excluding carboxylic acids is 1. The molecule has 2 heteroatoms. The average molecular weight is 239 g/mol. The van der Waals surface area contributed by atoms with Crippen molar-refractivity contribution in [3.05, 3.63) is 70.8 Å². The highest BCUT2D eigenvalue weighted by Gasteiger charge is 2.06. The van der Waals surface area contributed by atoms with E-state index in [-0.39, 0.29) is 5.78 Å². The lowest BCUT2D eigenvalue weighted by atomic mass is 10.0. The second-order valence-electron chi connectivity index (χ2n) is 4.49. The van der Waals surface area contributed by atoms with Crippen molar-refractivity contribution in [1.29, 1.82) is 0 Å². The van der Waals surface area contributed by atoms with Gasteiger partial charge < -0.3 is 5.73 Å². The summed E-state index contributed by atoms with van der Waals surface area (Å²) in [6.07, 6.45) is 0.448. The second kappa shape index (κ2) is 5.61. The van der Waals surface area contributed by atoms with Gasteiger partial charge in [0.1, 0.15) is 0 Å². The molecular formula is C16H17NO. The first-order valence-electron chi connectivity index (χ1n) is 6.07. The molecule has 2 aromatic carbocycles. The first-order chi connectivity index (χ1) is 8.69. The number of ketones is 1. The van der Waals surface area contributed by atoms with E-state index in [1.165, 1.54) is 5.56 Å². The first-order valence-corrected chi connectivity index (χ1v) is 6.07. The summed E-state index contributed by atoms with van der Waals surface area (Å²) in [7, 11) is 0. The van der Waals surface area contributed by atoms with Crippen molar-refractivity contribution in [2.45, 2.75) is 19.9 Å². The number of rotatable bonds is 4. The van der Waals surface area contributed by atoms with Crippen molar-refractivity contribution in [2.24, 2.45) is 5.73 Å². The Morgan fingerprint density at radius 2 is 1.78 bits per heavy atom. The first kappa shape index (κ1) is 12.5. The van der Waals surface area contributed by atoms with Gasteiger partial charge >= 0.3 is 0 Å². The third-order valence-corrected chi connectivity index (χ3v) is 2.96. The number of hydrogen-bond donors (Lipinski definition) is 1. The monoisotopic (exact) mass is 239 g/mol. The number of nitrogens with two attached hydrogens (primary N) is 1. The van der Waals surface area contributed by atoms with Crippen LogP contribution in [0.25, 0.3) is 0 Å². The van der Waals surface area contributed by atoms with Crippen LogP contribution in [0.3, 0.4) is 0 Å². The molecule has 0 aliphatic carbocycles. The minimum absolute atomic E-state index is 0.143. The maximum atomic E-state index is 12.1. The van der Waals surface area contributed by atoms with Gasteiger partial charge in [0, 0.05) is 18.5 Å². The molecule has 18 heavy (non-hydrogen) atoms. The van der Waals surface area contributed by atoms with Gasteiger partial charge in [-0.1, -0.05) is 54.1 Å². The maximum absolute atomic E-state index is 12.1. The van der Waals surface area contributed by atoms with Crippen LogP contribution < -0.4 is 5.73 Å². The molecule has 0 fully saturated rings.